The van der Waals surface area contributed by atoms with E-state index in [0.29, 0.717) is 10.0 Å². The van der Waals surface area contributed by atoms with Crippen LogP contribution in [0.2, 0.25) is 5.02 Å². The van der Waals surface area contributed by atoms with Gasteiger partial charge in [0.1, 0.15) is 0 Å². The molecule has 2 aromatic carbocycles. The normalized spacial score (nSPS) is 11.3. The van der Waals surface area contributed by atoms with E-state index in [2.05, 4.69) is 0 Å². The van der Waals surface area contributed by atoms with Gasteiger partial charge in [0.2, 0.25) is 0 Å². The monoisotopic (exact) mass is 314 g/mol. The Morgan fingerprint density at radius 2 is 1.76 bits per heavy atom. The fourth-order valence-corrected chi connectivity index (χ4v) is 1.90. The smallest absolute Gasteiger partial charge is 0.267 e. The van der Waals surface area contributed by atoms with Crippen LogP contribution in [-0.2, 0) is 6.18 Å². The molecule has 1 amide bonds. The highest BCUT2D eigenvalue weighted by Crippen LogP contribution is 2.31. The van der Waals surface area contributed by atoms with Crippen LogP contribution in [0.5, 0.6) is 0 Å². The highest BCUT2D eigenvalue weighted by Gasteiger charge is 2.31. The lowest BCUT2D eigenvalue weighted by Crippen LogP contribution is -2.37. The van der Waals surface area contributed by atoms with Gasteiger partial charge in [-0.25, -0.2) is 10.9 Å². The molecule has 0 radical (unpaired) electrons. The molecular formula is C14H10ClF3N2O. The summed E-state index contributed by atoms with van der Waals surface area (Å²) in [5.41, 5.74) is -0.758. The molecule has 0 atom stereocenters. The minimum Gasteiger partial charge on any atom is -0.267 e. The first kappa shape index (κ1) is 15.3. The number of anilines is 1. The first-order valence-corrected chi connectivity index (χ1v) is 6.19. The summed E-state index contributed by atoms with van der Waals surface area (Å²) >= 11 is 5.76. The fraction of sp³-hybridized carbons (Fsp3) is 0.0714. The SMILES string of the molecule is NN(C(=O)c1cccc(Cl)c1)c1cccc(C(F)(F)F)c1. The highest BCUT2D eigenvalue weighted by atomic mass is 35.5. The molecule has 0 fully saturated rings. The second-order valence-electron chi connectivity index (χ2n) is 4.23. The maximum Gasteiger partial charge on any atom is 0.416 e. The number of alkyl halides is 3. The maximum absolute atomic E-state index is 12.6. The molecule has 21 heavy (non-hydrogen) atoms. The largest absolute Gasteiger partial charge is 0.416 e. The van der Waals surface area contributed by atoms with Crippen molar-refractivity contribution < 1.29 is 18.0 Å². The number of rotatable bonds is 2. The summed E-state index contributed by atoms with van der Waals surface area (Å²) in [4.78, 5) is 12.1. The van der Waals surface area contributed by atoms with Crippen molar-refractivity contribution in [1.82, 2.24) is 0 Å². The van der Waals surface area contributed by atoms with Crippen molar-refractivity contribution in [3.8, 4) is 0 Å². The van der Waals surface area contributed by atoms with Crippen LogP contribution in [-0.4, -0.2) is 5.91 Å². The summed E-state index contributed by atoms with van der Waals surface area (Å²) in [6.07, 6.45) is -4.50. The van der Waals surface area contributed by atoms with Gasteiger partial charge in [-0.2, -0.15) is 13.2 Å². The third-order valence-corrected chi connectivity index (χ3v) is 2.98. The minimum absolute atomic E-state index is 0.0604. The van der Waals surface area contributed by atoms with Crippen molar-refractivity contribution in [3.05, 3.63) is 64.7 Å². The molecule has 0 spiro atoms. The summed E-state index contributed by atoms with van der Waals surface area (Å²) in [6, 6.07) is 10.2. The lowest BCUT2D eigenvalue weighted by molar-refractivity contribution is -0.137. The van der Waals surface area contributed by atoms with Crippen molar-refractivity contribution in [1.29, 1.82) is 0 Å². The first-order chi connectivity index (χ1) is 9.79. The van der Waals surface area contributed by atoms with Gasteiger partial charge in [0.05, 0.1) is 11.3 Å². The highest BCUT2D eigenvalue weighted by molar-refractivity contribution is 6.31. The van der Waals surface area contributed by atoms with Gasteiger partial charge in [0.15, 0.2) is 0 Å². The number of halogens is 4. The van der Waals surface area contributed by atoms with E-state index in [-0.39, 0.29) is 11.3 Å². The summed E-state index contributed by atoms with van der Waals surface area (Å²) in [5.74, 6) is 4.95. The lowest BCUT2D eigenvalue weighted by Gasteiger charge is -2.18. The molecule has 7 heteroatoms. The number of benzene rings is 2. The van der Waals surface area contributed by atoms with Crippen LogP contribution in [0.4, 0.5) is 18.9 Å². The molecule has 0 saturated carbocycles. The zero-order valence-corrected chi connectivity index (χ0v) is 11.3. The van der Waals surface area contributed by atoms with Crippen LogP contribution in [0.3, 0.4) is 0 Å². The third-order valence-electron chi connectivity index (χ3n) is 2.74. The lowest BCUT2D eigenvalue weighted by atomic mass is 10.1. The average Bonchev–Trinajstić information content (AvgIpc) is 2.45. The Balaban J connectivity index is 2.32. The molecule has 0 saturated heterocycles. The van der Waals surface area contributed by atoms with E-state index in [4.69, 9.17) is 17.4 Å². The maximum atomic E-state index is 12.6. The average molecular weight is 315 g/mol. The Hall–Kier alpha value is -2.05. The summed E-state index contributed by atoms with van der Waals surface area (Å²) in [5, 5.41) is 0.985. The van der Waals surface area contributed by atoms with Gasteiger partial charge in [0, 0.05) is 10.6 Å². The second-order valence-corrected chi connectivity index (χ2v) is 4.67. The topological polar surface area (TPSA) is 46.3 Å². The van der Waals surface area contributed by atoms with Crippen LogP contribution < -0.4 is 10.9 Å². The number of hydrogen-bond donors (Lipinski definition) is 1. The molecule has 110 valence electrons. The quantitative estimate of drug-likeness (QED) is 0.519. The molecule has 0 heterocycles. The van der Waals surface area contributed by atoms with Gasteiger partial charge in [0.25, 0.3) is 5.91 Å². The molecule has 2 aromatic rings. The molecule has 0 aliphatic heterocycles. The van der Waals surface area contributed by atoms with Crippen LogP contribution >= 0.6 is 11.6 Å². The Kier molecular flexibility index (Phi) is 4.20. The fourth-order valence-electron chi connectivity index (χ4n) is 1.71. The van der Waals surface area contributed by atoms with Crippen molar-refractivity contribution in [2.24, 2.45) is 5.84 Å². The van der Waals surface area contributed by atoms with Crippen LogP contribution in [0.25, 0.3) is 0 Å². The molecule has 2 N–H and O–H groups in total. The third kappa shape index (κ3) is 3.53. The van der Waals surface area contributed by atoms with Crippen molar-refractivity contribution in [2.45, 2.75) is 6.18 Å². The minimum atomic E-state index is -4.50. The number of nitrogens with two attached hydrogens (primary N) is 1. The van der Waals surface area contributed by atoms with Gasteiger partial charge in [-0.15, -0.1) is 0 Å². The summed E-state index contributed by atoms with van der Waals surface area (Å²) in [7, 11) is 0. The molecule has 0 bridgehead atoms. The van der Waals surface area contributed by atoms with Crippen LogP contribution in [0.15, 0.2) is 48.5 Å². The van der Waals surface area contributed by atoms with Crippen molar-refractivity contribution in [3.63, 3.8) is 0 Å². The van der Waals surface area contributed by atoms with E-state index in [1.807, 2.05) is 0 Å². The molecule has 3 nitrogen and oxygen atoms in total. The summed E-state index contributed by atoms with van der Waals surface area (Å²) in [6.45, 7) is 0. The number of nitrogens with zero attached hydrogens (tertiary/aromatic N) is 1. The first-order valence-electron chi connectivity index (χ1n) is 5.81. The Labute approximate surface area is 123 Å². The van der Waals surface area contributed by atoms with E-state index >= 15 is 0 Å². The zero-order valence-electron chi connectivity index (χ0n) is 10.6. The second kappa shape index (κ2) is 5.75. The van der Waals surface area contributed by atoms with Gasteiger partial charge >= 0.3 is 6.18 Å². The number of hydrogen-bond acceptors (Lipinski definition) is 2. The van der Waals surface area contributed by atoms with Gasteiger partial charge in [-0.05, 0) is 36.4 Å². The Morgan fingerprint density at radius 1 is 1.10 bits per heavy atom. The molecule has 2 rings (SSSR count). The van der Waals surface area contributed by atoms with E-state index < -0.39 is 17.6 Å². The number of hydrazine groups is 1. The van der Waals surface area contributed by atoms with E-state index in [1.54, 1.807) is 12.1 Å². The number of carbonyl (C=O) groups excluding carboxylic acids is 1. The van der Waals surface area contributed by atoms with Crippen molar-refractivity contribution >= 4 is 23.2 Å². The zero-order chi connectivity index (χ0) is 15.6. The van der Waals surface area contributed by atoms with E-state index in [0.717, 1.165) is 12.1 Å². The Morgan fingerprint density at radius 3 is 2.38 bits per heavy atom. The number of amides is 1. The van der Waals surface area contributed by atoms with E-state index in [9.17, 15) is 18.0 Å². The molecule has 0 aliphatic rings. The van der Waals surface area contributed by atoms with Crippen LogP contribution in [0.1, 0.15) is 15.9 Å². The van der Waals surface area contributed by atoms with Crippen LogP contribution in [0, 0.1) is 0 Å². The molecular weight excluding hydrogens is 305 g/mol. The molecule has 0 aliphatic carbocycles. The van der Waals surface area contributed by atoms with E-state index in [1.165, 1.54) is 24.3 Å². The number of carbonyl (C=O) groups is 1. The van der Waals surface area contributed by atoms with Gasteiger partial charge in [-0.3, -0.25) is 4.79 Å². The predicted octanol–water partition coefficient (Wildman–Crippen LogP) is 3.88. The van der Waals surface area contributed by atoms with Crippen molar-refractivity contribution in [2.75, 3.05) is 5.01 Å². The molecule has 0 unspecified atom stereocenters. The summed E-state index contributed by atoms with van der Waals surface area (Å²) < 4.78 is 37.9. The Bertz CT molecular complexity index is 673. The standard InChI is InChI=1S/C14H10ClF3N2O/c15-11-5-1-3-9(7-11)13(21)20(19)12-6-2-4-10(8-12)14(16,17)18/h1-8H,19H2. The predicted molar refractivity (Wildman–Crippen MR) is 73.9 cm³/mol. The van der Waals surface area contributed by atoms with Gasteiger partial charge in [-0.1, -0.05) is 23.7 Å². The van der Waals surface area contributed by atoms with Gasteiger partial charge < -0.3 is 0 Å². The molecule has 0 aromatic heterocycles.